The fourth-order valence-corrected chi connectivity index (χ4v) is 3.13. The molecule has 0 aliphatic rings. The molecule has 0 aliphatic carbocycles. The van der Waals surface area contributed by atoms with Crippen LogP contribution in [0.15, 0.2) is 36.4 Å². The molecule has 0 saturated heterocycles. The highest BCUT2D eigenvalue weighted by molar-refractivity contribution is 5.97. The smallest absolute Gasteiger partial charge is 0.163 e. The molecule has 0 heterocycles. The molecule has 0 atom stereocenters. The lowest BCUT2D eigenvalue weighted by Gasteiger charge is -2.05. The normalized spacial score (nSPS) is 10.8. The van der Waals surface area contributed by atoms with Crippen LogP contribution in [0.5, 0.6) is 11.5 Å². The molecule has 0 bridgehead atoms. The second-order valence-electron chi connectivity index (χ2n) is 7.47. The average molecular weight is 383 g/mol. The maximum absolute atomic E-state index is 12.1. The number of aromatic hydroxyl groups is 2. The van der Waals surface area contributed by atoms with Gasteiger partial charge in [-0.15, -0.1) is 0 Å². The van der Waals surface area contributed by atoms with Crippen molar-refractivity contribution >= 4 is 11.6 Å². The maximum atomic E-state index is 12.1. The second-order valence-corrected chi connectivity index (χ2v) is 7.47. The number of aryl methyl sites for hydroxylation is 2. The summed E-state index contributed by atoms with van der Waals surface area (Å²) in [4.78, 5) is 24.3. The van der Waals surface area contributed by atoms with Gasteiger partial charge in [0.05, 0.1) is 0 Å². The Morgan fingerprint density at radius 1 is 0.643 bits per heavy atom. The quantitative estimate of drug-likeness (QED) is 0.375. The van der Waals surface area contributed by atoms with E-state index in [1.165, 1.54) is 0 Å². The van der Waals surface area contributed by atoms with Crippen LogP contribution in [0.4, 0.5) is 0 Å². The minimum Gasteiger partial charge on any atom is -0.508 e. The standard InChI is InChI=1S/C24H30O4/c1-17-11-13-19(15-23(17)27)21(25)9-7-5-3-4-6-8-10-22(26)20-14-12-18(2)24(28)16-20/h11-16,27-28H,3-10H2,1-2H3. The Kier molecular flexibility index (Phi) is 8.24. The molecule has 2 rings (SSSR count). The van der Waals surface area contributed by atoms with Gasteiger partial charge in [-0.05, 0) is 49.9 Å². The molecule has 2 aromatic rings. The second kappa shape index (κ2) is 10.6. The van der Waals surface area contributed by atoms with Gasteiger partial charge in [-0.2, -0.15) is 0 Å². The van der Waals surface area contributed by atoms with E-state index < -0.39 is 0 Å². The van der Waals surface area contributed by atoms with Crippen molar-refractivity contribution in [3.05, 3.63) is 58.7 Å². The summed E-state index contributed by atoms with van der Waals surface area (Å²) < 4.78 is 0. The minimum atomic E-state index is 0.0715. The lowest BCUT2D eigenvalue weighted by molar-refractivity contribution is 0.0969. The van der Waals surface area contributed by atoms with Gasteiger partial charge in [0.2, 0.25) is 0 Å². The summed E-state index contributed by atoms with van der Waals surface area (Å²) in [6.07, 6.45) is 6.75. The molecular weight excluding hydrogens is 352 g/mol. The Morgan fingerprint density at radius 3 is 1.36 bits per heavy atom. The van der Waals surface area contributed by atoms with Crippen LogP contribution in [0, 0.1) is 13.8 Å². The monoisotopic (exact) mass is 382 g/mol. The summed E-state index contributed by atoms with van der Waals surface area (Å²) in [6, 6.07) is 10.2. The van der Waals surface area contributed by atoms with E-state index in [2.05, 4.69) is 0 Å². The summed E-state index contributed by atoms with van der Waals surface area (Å²) in [5.74, 6) is 0.479. The fraction of sp³-hybridized carbons (Fsp3) is 0.417. The Bertz CT molecular complexity index is 754. The van der Waals surface area contributed by atoms with Gasteiger partial charge in [0.15, 0.2) is 11.6 Å². The van der Waals surface area contributed by atoms with Gasteiger partial charge < -0.3 is 10.2 Å². The van der Waals surface area contributed by atoms with Crippen molar-refractivity contribution in [1.82, 2.24) is 0 Å². The number of hydrogen-bond acceptors (Lipinski definition) is 4. The summed E-state index contributed by atoms with van der Waals surface area (Å²) in [6.45, 7) is 3.61. The number of hydrogen-bond donors (Lipinski definition) is 2. The first-order chi connectivity index (χ1) is 13.4. The first-order valence-corrected chi connectivity index (χ1v) is 10.0. The topological polar surface area (TPSA) is 74.6 Å². The molecule has 4 heteroatoms. The van der Waals surface area contributed by atoms with E-state index in [1.807, 2.05) is 13.8 Å². The predicted molar refractivity (Wildman–Crippen MR) is 111 cm³/mol. The largest absolute Gasteiger partial charge is 0.508 e. The zero-order valence-corrected chi connectivity index (χ0v) is 16.8. The molecule has 28 heavy (non-hydrogen) atoms. The highest BCUT2D eigenvalue weighted by Gasteiger charge is 2.09. The van der Waals surface area contributed by atoms with Gasteiger partial charge in [-0.25, -0.2) is 0 Å². The van der Waals surface area contributed by atoms with E-state index in [4.69, 9.17) is 0 Å². The van der Waals surface area contributed by atoms with Crippen molar-refractivity contribution in [1.29, 1.82) is 0 Å². The van der Waals surface area contributed by atoms with Gasteiger partial charge >= 0.3 is 0 Å². The number of carbonyl (C=O) groups excluding carboxylic acids is 2. The third-order valence-electron chi connectivity index (χ3n) is 5.12. The van der Waals surface area contributed by atoms with Crippen LogP contribution in [-0.2, 0) is 0 Å². The van der Waals surface area contributed by atoms with Gasteiger partial charge in [-0.3, -0.25) is 9.59 Å². The molecule has 0 fully saturated rings. The van der Waals surface area contributed by atoms with E-state index >= 15 is 0 Å². The number of carbonyl (C=O) groups is 2. The van der Waals surface area contributed by atoms with E-state index in [9.17, 15) is 19.8 Å². The van der Waals surface area contributed by atoms with Crippen LogP contribution < -0.4 is 0 Å². The first kappa shape index (κ1) is 21.7. The van der Waals surface area contributed by atoms with Crippen LogP contribution in [0.2, 0.25) is 0 Å². The zero-order chi connectivity index (χ0) is 20.5. The molecule has 0 radical (unpaired) electrons. The highest BCUT2D eigenvalue weighted by atomic mass is 16.3. The van der Waals surface area contributed by atoms with Gasteiger partial charge in [0.1, 0.15) is 11.5 Å². The first-order valence-electron chi connectivity index (χ1n) is 10.0. The molecule has 0 saturated carbocycles. The highest BCUT2D eigenvalue weighted by Crippen LogP contribution is 2.21. The van der Waals surface area contributed by atoms with Crippen molar-refractivity contribution in [3.8, 4) is 11.5 Å². The molecule has 4 nitrogen and oxygen atoms in total. The number of unbranched alkanes of at least 4 members (excludes halogenated alkanes) is 5. The van der Waals surface area contributed by atoms with Crippen LogP contribution in [0.3, 0.4) is 0 Å². The summed E-state index contributed by atoms with van der Waals surface area (Å²) in [7, 11) is 0. The summed E-state index contributed by atoms with van der Waals surface area (Å²) in [5, 5.41) is 19.4. The SMILES string of the molecule is Cc1ccc(C(=O)CCCCCCCCC(=O)c2ccc(C)c(O)c2)cc1O. The Balaban J connectivity index is 1.56. The minimum absolute atomic E-state index is 0.0715. The number of ketones is 2. The van der Waals surface area contributed by atoms with Crippen LogP contribution in [0.1, 0.15) is 83.2 Å². The van der Waals surface area contributed by atoms with Gasteiger partial charge in [0.25, 0.3) is 0 Å². The number of Topliss-reactive ketones (excluding diaryl/α,β-unsaturated/α-hetero) is 2. The van der Waals surface area contributed by atoms with E-state index in [1.54, 1.807) is 36.4 Å². The molecule has 2 N–H and O–H groups in total. The van der Waals surface area contributed by atoms with Crippen LogP contribution >= 0.6 is 0 Å². The van der Waals surface area contributed by atoms with Crippen molar-refractivity contribution in [2.75, 3.05) is 0 Å². The summed E-state index contributed by atoms with van der Waals surface area (Å²) >= 11 is 0. The van der Waals surface area contributed by atoms with Gasteiger partial charge in [0, 0.05) is 24.0 Å². The number of phenols is 2. The van der Waals surface area contributed by atoms with E-state index in [0.717, 1.165) is 49.7 Å². The van der Waals surface area contributed by atoms with Crippen LogP contribution in [-0.4, -0.2) is 21.8 Å². The Hall–Kier alpha value is -2.62. The Labute approximate surface area is 167 Å². The average Bonchev–Trinajstić information content (AvgIpc) is 2.67. The van der Waals surface area contributed by atoms with Crippen molar-refractivity contribution in [2.45, 2.75) is 65.2 Å². The van der Waals surface area contributed by atoms with Crippen molar-refractivity contribution in [3.63, 3.8) is 0 Å². The van der Waals surface area contributed by atoms with Gasteiger partial charge in [-0.1, -0.05) is 49.9 Å². The predicted octanol–water partition coefficient (Wildman–Crippen LogP) is 5.90. The van der Waals surface area contributed by atoms with Crippen molar-refractivity contribution < 1.29 is 19.8 Å². The van der Waals surface area contributed by atoms with E-state index in [-0.39, 0.29) is 23.1 Å². The molecule has 0 spiro atoms. The number of benzene rings is 2. The third-order valence-corrected chi connectivity index (χ3v) is 5.12. The lowest BCUT2D eigenvalue weighted by Crippen LogP contribution is -1.99. The lowest BCUT2D eigenvalue weighted by atomic mass is 10.0. The third kappa shape index (κ3) is 6.52. The molecule has 0 aliphatic heterocycles. The molecular formula is C24H30O4. The molecule has 0 unspecified atom stereocenters. The van der Waals surface area contributed by atoms with Crippen LogP contribution in [0.25, 0.3) is 0 Å². The number of phenolic OH excluding ortho intramolecular Hbond substituents is 2. The fourth-order valence-electron chi connectivity index (χ4n) is 3.13. The van der Waals surface area contributed by atoms with Crippen molar-refractivity contribution in [2.24, 2.45) is 0 Å². The molecule has 2 aromatic carbocycles. The Morgan fingerprint density at radius 2 is 1.00 bits per heavy atom. The number of rotatable bonds is 11. The summed E-state index contributed by atoms with van der Waals surface area (Å²) in [5.41, 5.74) is 2.69. The molecule has 150 valence electrons. The zero-order valence-electron chi connectivity index (χ0n) is 16.8. The molecule has 0 amide bonds. The van der Waals surface area contributed by atoms with E-state index in [0.29, 0.717) is 24.0 Å². The molecule has 0 aromatic heterocycles. The maximum Gasteiger partial charge on any atom is 0.163 e.